The third kappa shape index (κ3) is 4.30. The molecule has 5 nitrogen and oxygen atoms in total. The van der Waals surface area contributed by atoms with Crippen molar-refractivity contribution in [2.24, 2.45) is 0 Å². The molecule has 1 aromatic heterocycles. The van der Waals surface area contributed by atoms with Crippen molar-refractivity contribution in [3.05, 3.63) is 89.2 Å². The Labute approximate surface area is 201 Å². The summed E-state index contributed by atoms with van der Waals surface area (Å²) in [5.74, 6) is 2.16. The number of aromatic nitrogens is 2. The monoisotopic (exact) mass is 453 g/mol. The number of ether oxygens (including phenoxy) is 1. The van der Waals surface area contributed by atoms with Crippen molar-refractivity contribution >= 4 is 22.6 Å². The summed E-state index contributed by atoms with van der Waals surface area (Å²) in [6, 6.07) is 22.6. The number of anilines is 1. The summed E-state index contributed by atoms with van der Waals surface area (Å²) in [6.45, 7) is 8.31. The molecule has 0 unspecified atom stereocenters. The van der Waals surface area contributed by atoms with Crippen LogP contribution < -0.4 is 9.64 Å². The third-order valence-corrected chi connectivity index (χ3v) is 6.69. The summed E-state index contributed by atoms with van der Waals surface area (Å²) < 4.78 is 8.32. The number of carbonyl (C=O) groups excluding carboxylic acids is 1. The Balaban J connectivity index is 1.36. The molecule has 1 fully saturated rings. The van der Waals surface area contributed by atoms with E-state index in [1.807, 2.05) is 29.2 Å². The molecule has 5 rings (SSSR count). The highest BCUT2D eigenvalue weighted by atomic mass is 16.5. The first-order valence-electron chi connectivity index (χ1n) is 12.0. The van der Waals surface area contributed by atoms with Gasteiger partial charge in [-0.3, -0.25) is 4.79 Å². The number of hydrogen-bond donors (Lipinski definition) is 0. The summed E-state index contributed by atoms with van der Waals surface area (Å²) >= 11 is 0. The van der Waals surface area contributed by atoms with Crippen molar-refractivity contribution in [3.63, 3.8) is 0 Å². The molecule has 0 spiro atoms. The van der Waals surface area contributed by atoms with Crippen LogP contribution >= 0.6 is 0 Å². The lowest BCUT2D eigenvalue weighted by molar-refractivity contribution is -0.117. The zero-order valence-electron chi connectivity index (χ0n) is 20.1. The number of carbonyl (C=O) groups is 1. The molecule has 0 aliphatic carbocycles. The van der Waals surface area contributed by atoms with Gasteiger partial charge < -0.3 is 14.2 Å². The fourth-order valence-corrected chi connectivity index (χ4v) is 4.99. The number of imidazole rings is 1. The lowest BCUT2D eigenvalue weighted by Gasteiger charge is -2.20. The molecule has 5 heteroatoms. The predicted molar refractivity (Wildman–Crippen MR) is 137 cm³/mol. The molecule has 0 radical (unpaired) electrons. The van der Waals surface area contributed by atoms with Crippen LogP contribution in [-0.2, 0) is 11.3 Å². The van der Waals surface area contributed by atoms with Gasteiger partial charge in [0.2, 0.25) is 5.91 Å². The first-order chi connectivity index (χ1) is 16.5. The molecular weight excluding hydrogens is 422 g/mol. The average molecular weight is 454 g/mol. The minimum Gasteiger partial charge on any atom is -0.493 e. The van der Waals surface area contributed by atoms with Crippen molar-refractivity contribution in [1.82, 2.24) is 9.55 Å². The van der Waals surface area contributed by atoms with E-state index in [4.69, 9.17) is 9.72 Å². The molecule has 1 atom stereocenters. The van der Waals surface area contributed by atoms with Crippen molar-refractivity contribution in [3.8, 4) is 5.75 Å². The van der Waals surface area contributed by atoms with E-state index in [2.05, 4.69) is 67.8 Å². The third-order valence-electron chi connectivity index (χ3n) is 6.69. The topological polar surface area (TPSA) is 47.4 Å². The van der Waals surface area contributed by atoms with Crippen LogP contribution in [0.5, 0.6) is 5.75 Å². The number of benzene rings is 3. The van der Waals surface area contributed by atoms with E-state index in [0.29, 0.717) is 19.6 Å². The molecule has 2 heterocycles. The Hall–Kier alpha value is -3.60. The fourth-order valence-electron chi connectivity index (χ4n) is 4.99. The van der Waals surface area contributed by atoms with Gasteiger partial charge in [0.05, 0.1) is 17.6 Å². The van der Waals surface area contributed by atoms with Gasteiger partial charge >= 0.3 is 0 Å². The minimum absolute atomic E-state index is 0.0675. The Kier molecular flexibility index (Phi) is 6.10. The van der Waals surface area contributed by atoms with Crippen molar-refractivity contribution in [2.75, 3.05) is 18.1 Å². The van der Waals surface area contributed by atoms with Crippen LogP contribution in [0.4, 0.5) is 5.69 Å². The second-order valence-electron chi connectivity index (χ2n) is 9.27. The summed E-state index contributed by atoms with van der Waals surface area (Å²) in [6.07, 6.45) is 1.35. The first kappa shape index (κ1) is 22.2. The standard InChI is InChI=1S/C29H31N3O2/c1-20-13-14-25(22(3)17-20)32-19-23(18-28(32)33)29-30-24-10-5-6-11-26(24)31(29)15-8-16-34-27-12-7-4-9-21(27)2/h4-7,9-14,17,23H,8,15-16,18-19H2,1-3H3/t23-/m0/s1. The van der Waals surface area contributed by atoms with E-state index in [1.165, 1.54) is 5.56 Å². The number of para-hydroxylation sites is 3. The number of aryl methyl sites for hydroxylation is 4. The van der Waals surface area contributed by atoms with Gasteiger partial charge in [-0.15, -0.1) is 0 Å². The van der Waals surface area contributed by atoms with Gasteiger partial charge in [0.1, 0.15) is 11.6 Å². The van der Waals surface area contributed by atoms with Crippen LogP contribution in [0, 0.1) is 20.8 Å². The van der Waals surface area contributed by atoms with Crippen LogP contribution in [0.15, 0.2) is 66.7 Å². The number of rotatable bonds is 7. The van der Waals surface area contributed by atoms with Crippen LogP contribution in [-0.4, -0.2) is 28.6 Å². The van der Waals surface area contributed by atoms with Crippen LogP contribution in [0.3, 0.4) is 0 Å². The number of amides is 1. The Morgan fingerprint density at radius 2 is 1.76 bits per heavy atom. The molecule has 0 saturated carbocycles. The lowest BCUT2D eigenvalue weighted by Crippen LogP contribution is -2.25. The van der Waals surface area contributed by atoms with Crippen LogP contribution in [0.1, 0.15) is 41.3 Å². The van der Waals surface area contributed by atoms with E-state index in [-0.39, 0.29) is 11.8 Å². The molecular formula is C29H31N3O2. The quantitative estimate of drug-likeness (QED) is 0.325. The highest BCUT2D eigenvalue weighted by Gasteiger charge is 2.35. The molecule has 4 aromatic rings. The second kappa shape index (κ2) is 9.34. The lowest BCUT2D eigenvalue weighted by atomic mass is 10.1. The number of nitrogens with zero attached hydrogens (tertiary/aromatic N) is 3. The Morgan fingerprint density at radius 3 is 2.59 bits per heavy atom. The van der Waals surface area contributed by atoms with Crippen molar-refractivity contribution < 1.29 is 9.53 Å². The van der Waals surface area contributed by atoms with E-state index >= 15 is 0 Å². The molecule has 0 bridgehead atoms. The molecule has 1 saturated heterocycles. The minimum atomic E-state index is 0.0675. The molecule has 34 heavy (non-hydrogen) atoms. The van der Waals surface area contributed by atoms with Crippen LogP contribution in [0.2, 0.25) is 0 Å². The fraction of sp³-hybridized carbons (Fsp3) is 0.310. The van der Waals surface area contributed by atoms with Gasteiger partial charge in [0.15, 0.2) is 0 Å². The zero-order valence-corrected chi connectivity index (χ0v) is 20.1. The highest BCUT2D eigenvalue weighted by Crippen LogP contribution is 2.34. The normalized spacial score (nSPS) is 15.9. The molecule has 1 amide bonds. The summed E-state index contributed by atoms with van der Waals surface area (Å²) in [5, 5.41) is 0. The van der Waals surface area contributed by atoms with Crippen molar-refractivity contribution in [1.29, 1.82) is 0 Å². The predicted octanol–water partition coefficient (Wildman–Crippen LogP) is 5.95. The SMILES string of the molecule is Cc1ccc(N2C[C@@H](c3nc4ccccc4n3CCCOc3ccccc3C)CC2=O)c(C)c1. The van der Waals surface area contributed by atoms with E-state index in [9.17, 15) is 4.79 Å². The maximum Gasteiger partial charge on any atom is 0.227 e. The second-order valence-corrected chi connectivity index (χ2v) is 9.27. The Bertz CT molecular complexity index is 1340. The summed E-state index contributed by atoms with van der Waals surface area (Å²) in [4.78, 5) is 20.0. The van der Waals surface area contributed by atoms with E-state index in [1.54, 1.807) is 0 Å². The van der Waals surface area contributed by atoms with Gasteiger partial charge in [-0.05, 0) is 62.6 Å². The van der Waals surface area contributed by atoms with Gasteiger partial charge in [0, 0.05) is 31.1 Å². The smallest absolute Gasteiger partial charge is 0.227 e. The highest BCUT2D eigenvalue weighted by molar-refractivity contribution is 5.97. The summed E-state index contributed by atoms with van der Waals surface area (Å²) in [5.41, 5.74) is 6.59. The van der Waals surface area contributed by atoms with Gasteiger partial charge in [0.25, 0.3) is 0 Å². The number of hydrogen-bond acceptors (Lipinski definition) is 3. The molecule has 1 aliphatic rings. The zero-order chi connectivity index (χ0) is 23.7. The molecule has 174 valence electrons. The van der Waals surface area contributed by atoms with Gasteiger partial charge in [-0.25, -0.2) is 4.98 Å². The van der Waals surface area contributed by atoms with Crippen molar-refractivity contribution in [2.45, 2.75) is 46.1 Å². The van der Waals surface area contributed by atoms with Gasteiger partial charge in [-0.2, -0.15) is 0 Å². The molecule has 0 N–H and O–H groups in total. The van der Waals surface area contributed by atoms with Crippen LogP contribution in [0.25, 0.3) is 11.0 Å². The van der Waals surface area contributed by atoms with Gasteiger partial charge in [-0.1, -0.05) is 48.0 Å². The average Bonchev–Trinajstić information content (AvgIpc) is 3.38. The largest absolute Gasteiger partial charge is 0.493 e. The number of fused-ring (bicyclic) bond motifs is 1. The van der Waals surface area contributed by atoms with E-state index in [0.717, 1.165) is 52.4 Å². The molecule has 1 aliphatic heterocycles. The maximum absolute atomic E-state index is 13.0. The first-order valence-corrected chi connectivity index (χ1v) is 12.0. The van der Waals surface area contributed by atoms with E-state index < -0.39 is 0 Å². The Morgan fingerprint density at radius 1 is 0.971 bits per heavy atom. The summed E-state index contributed by atoms with van der Waals surface area (Å²) in [7, 11) is 0. The molecule has 3 aromatic carbocycles. The maximum atomic E-state index is 13.0.